The van der Waals surface area contributed by atoms with Crippen molar-refractivity contribution in [3.8, 4) is 16.9 Å². The molecule has 161 valence electrons. The van der Waals surface area contributed by atoms with E-state index in [1.165, 1.54) is 11.1 Å². The van der Waals surface area contributed by atoms with Gasteiger partial charge in [-0.2, -0.15) is 0 Å². The minimum absolute atomic E-state index is 0.569. The highest BCUT2D eigenvalue weighted by atomic mass is 16.5. The van der Waals surface area contributed by atoms with Crippen molar-refractivity contribution in [3.05, 3.63) is 127 Å². The van der Waals surface area contributed by atoms with Crippen LogP contribution in [0.25, 0.3) is 16.7 Å². The molecule has 0 fully saturated rings. The van der Waals surface area contributed by atoms with Gasteiger partial charge < -0.3 is 14.6 Å². The molecule has 0 aliphatic carbocycles. The summed E-state index contributed by atoms with van der Waals surface area (Å²) < 4.78 is 5.08. The number of anilines is 3. The van der Waals surface area contributed by atoms with Gasteiger partial charge in [0, 0.05) is 17.1 Å². The van der Waals surface area contributed by atoms with Crippen LogP contribution in [0, 0.1) is 0 Å². The smallest absolute Gasteiger partial charge is 0.537 e. The molecule has 0 bridgehead atoms. The van der Waals surface area contributed by atoms with Gasteiger partial charge in [-0.3, -0.25) is 0 Å². The van der Waals surface area contributed by atoms with E-state index in [1.54, 1.807) is 0 Å². The summed E-state index contributed by atoms with van der Waals surface area (Å²) in [6, 6.07) is 34.9. The number of allylic oxidation sites excluding steroid dienone is 3. The molecule has 0 unspecified atom stereocenters. The first-order valence-electron chi connectivity index (χ1n) is 10.8. The Kier molecular flexibility index (Phi) is 7.08. The molecule has 0 saturated heterocycles. The minimum atomic E-state index is 0.569. The number of hydrogen-bond donors (Lipinski definition) is 1. The average Bonchev–Trinajstić information content (AvgIpc) is 2.88. The normalized spacial score (nSPS) is 11.0. The van der Waals surface area contributed by atoms with Crippen LogP contribution in [-0.2, 0) is 0 Å². The molecule has 4 heteroatoms. The van der Waals surface area contributed by atoms with Gasteiger partial charge >= 0.3 is 7.69 Å². The second-order valence-corrected chi connectivity index (χ2v) is 7.46. The van der Waals surface area contributed by atoms with Gasteiger partial charge in [0.05, 0.1) is 0 Å². The van der Waals surface area contributed by atoms with E-state index >= 15 is 0 Å². The largest absolute Gasteiger partial charge is 0.569 e. The Labute approximate surface area is 196 Å². The van der Waals surface area contributed by atoms with Crippen LogP contribution < -0.4 is 9.55 Å². The summed E-state index contributed by atoms with van der Waals surface area (Å²) in [6.07, 6.45) is 3.92. The average molecular weight is 430 g/mol. The van der Waals surface area contributed by atoms with Crippen molar-refractivity contribution in [2.24, 2.45) is 0 Å². The molecule has 1 N–H and O–H groups in total. The summed E-state index contributed by atoms with van der Waals surface area (Å²) in [5, 5.41) is 8.92. The van der Waals surface area contributed by atoms with Crippen LogP contribution in [0.2, 0.25) is 0 Å². The molecule has 0 aliphatic rings. The highest BCUT2D eigenvalue weighted by molar-refractivity contribution is 6.17. The first kappa shape index (κ1) is 22.2. The maximum atomic E-state index is 8.92. The first-order chi connectivity index (χ1) is 16.2. The van der Waals surface area contributed by atoms with E-state index in [9.17, 15) is 0 Å². The molecule has 1 radical (unpaired) electrons. The van der Waals surface area contributed by atoms with Crippen LogP contribution in [-0.4, -0.2) is 12.7 Å². The number of benzene rings is 4. The molecule has 0 heterocycles. The van der Waals surface area contributed by atoms with Crippen molar-refractivity contribution in [1.29, 1.82) is 0 Å². The Balaban J connectivity index is 1.74. The summed E-state index contributed by atoms with van der Waals surface area (Å²) >= 11 is 0. The third kappa shape index (κ3) is 5.08. The lowest BCUT2D eigenvalue weighted by molar-refractivity contribution is 0.454. The molecule has 0 atom stereocenters. The lowest BCUT2D eigenvalue weighted by atomic mass is 10.0. The van der Waals surface area contributed by atoms with Gasteiger partial charge in [0.1, 0.15) is 5.75 Å². The first-order valence-corrected chi connectivity index (χ1v) is 10.8. The van der Waals surface area contributed by atoms with E-state index in [0.29, 0.717) is 13.4 Å². The van der Waals surface area contributed by atoms with E-state index in [4.69, 9.17) is 9.68 Å². The summed E-state index contributed by atoms with van der Waals surface area (Å²) in [6.45, 7) is 5.92. The molecular formula is C29H25BNO2. The van der Waals surface area contributed by atoms with Crippen molar-refractivity contribution < 1.29 is 9.68 Å². The fraction of sp³-hybridized carbons (Fsp3) is 0.0345. The van der Waals surface area contributed by atoms with E-state index < -0.39 is 0 Å². The zero-order chi connectivity index (χ0) is 23.0. The molecule has 0 aromatic heterocycles. The Morgan fingerprint density at radius 2 is 1.27 bits per heavy atom. The van der Waals surface area contributed by atoms with Gasteiger partial charge in [0.15, 0.2) is 0 Å². The van der Waals surface area contributed by atoms with E-state index in [2.05, 4.69) is 78.2 Å². The van der Waals surface area contributed by atoms with Crippen LogP contribution in [0.4, 0.5) is 17.1 Å². The second-order valence-electron chi connectivity index (χ2n) is 7.46. The van der Waals surface area contributed by atoms with Gasteiger partial charge in [-0.05, 0) is 77.7 Å². The quantitative estimate of drug-likeness (QED) is 0.235. The van der Waals surface area contributed by atoms with Crippen molar-refractivity contribution in [2.75, 3.05) is 4.90 Å². The predicted octanol–water partition coefficient (Wildman–Crippen LogP) is 7.32. The maximum absolute atomic E-state index is 8.92. The number of hydrogen-bond acceptors (Lipinski definition) is 3. The Hall–Kier alpha value is -4.02. The van der Waals surface area contributed by atoms with Crippen LogP contribution in [0.5, 0.6) is 5.75 Å². The molecule has 0 spiro atoms. The minimum Gasteiger partial charge on any atom is -0.537 e. The van der Waals surface area contributed by atoms with Crippen LogP contribution in [0.3, 0.4) is 0 Å². The molecule has 0 aliphatic heterocycles. The van der Waals surface area contributed by atoms with Crippen LogP contribution in [0.1, 0.15) is 12.5 Å². The highest BCUT2D eigenvalue weighted by Gasteiger charge is 2.13. The zero-order valence-corrected chi connectivity index (χ0v) is 18.6. The van der Waals surface area contributed by atoms with Crippen molar-refractivity contribution in [1.82, 2.24) is 0 Å². The van der Waals surface area contributed by atoms with Gasteiger partial charge in [-0.25, -0.2) is 0 Å². The lowest BCUT2D eigenvalue weighted by Gasteiger charge is -2.26. The van der Waals surface area contributed by atoms with Crippen LogP contribution >= 0.6 is 0 Å². The topological polar surface area (TPSA) is 32.7 Å². The molecular weight excluding hydrogens is 405 g/mol. The molecule has 4 rings (SSSR count). The van der Waals surface area contributed by atoms with Gasteiger partial charge in [0.2, 0.25) is 0 Å². The second kappa shape index (κ2) is 10.5. The molecule has 0 amide bonds. The standard InChI is InChI=1S/C29H25BNO2/c1-3-22(4-2)24-10-14-26(15-11-24)31(28-18-20-29(21-19-28)33-30-32)27-16-12-25(13-17-27)23-8-6-5-7-9-23/h3-21,32H,1H2,2H3/b22-4+. The van der Waals surface area contributed by atoms with Crippen molar-refractivity contribution in [2.45, 2.75) is 6.92 Å². The fourth-order valence-electron chi connectivity index (χ4n) is 3.82. The molecule has 0 saturated carbocycles. The van der Waals surface area contributed by atoms with Gasteiger partial charge in [-0.1, -0.05) is 73.3 Å². The van der Waals surface area contributed by atoms with E-state index in [-0.39, 0.29) is 0 Å². The number of nitrogens with zero attached hydrogens (tertiary/aromatic N) is 1. The van der Waals surface area contributed by atoms with E-state index in [0.717, 1.165) is 28.2 Å². The summed E-state index contributed by atoms with van der Waals surface area (Å²) in [7, 11) is 0.687. The summed E-state index contributed by atoms with van der Waals surface area (Å²) in [5.41, 5.74) is 7.63. The number of rotatable bonds is 8. The fourth-order valence-corrected chi connectivity index (χ4v) is 3.82. The third-order valence-corrected chi connectivity index (χ3v) is 5.51. The Morgan fingerprint density at radius 1 is 0.758 bits per heavy atom. The molecule has 33 heavy (non-hydrogen) atoms. The highest BCUT2D eigenvalue weighted by Crippen LogP contribution is 2.37. The Bertz CT molecular complexity index is 1220. The Morgan fingerprint density at radius 3 is 1.79 bits per heavy atom. The third-order valence-electron chi connectivity index (χ3n) is 5.51. The molecule has 4 aromatic rings. The van der Waals surface area contributed by atoms with Gasteiger partial charge in [0.25, 0.3) is 0 Å². The van der Waals surface area contributed by atoms with Crippen LogP contribution in [0.15, 0.2) is 122 Å². The zero-order valence-electron chi connectivity index (χ0n) is 18.6. The predicted molar refractivity (Wildman–Crippen MR) is 139 cm³/mol. The summed E-state index contributed by atoms with van der Waals surface area (Å²) in [4.78, 5) is 2.19. The monoisotopic (exact) mass is 430 g/mol. The molecule has 3 nitrogen and oxygen atoms in total. The van der Waals surface area contributed by atoms with Gasteiger partial charge in [-0.15, -0.1) is 0 Å². The van der Waals surface area contributed by atoms with E-state index in [1.807, 2.05) is 55.5 Å². The van der Waals surface area contributed by atoms with Crippen molar-refractivity contribution in [3.63, 3.8) is 0 Å². The summed E-state index contributed by atoms with van der Waals surface area (Å²) in [5.74, 6) is 0.569. The lowest BCUT2D eigenvalue weighted by Crippen LogP contribution is -2.10. The van der Waals surface area contributed by atoms with Crippen molar-refractivity contribution >= 4 is 30.3 Å². The SMILES string of the molecule is C=C/C(=C\C)c1ccc(N(c2ccc(O[B]O)cc2)c2ccc(-c3ccccc3)cc2)cc1. The molecule has 4 aromatic carbocycles. The maximum Gasteiger partial charge on any atom is 0.569 e.